The van der Waals surface area contributed by atoms with E-state index in [0.29, 0.717) is 23.9 Å². The molecule has 2 bridgehead atoms. The third-order valence-electron chi connectivity index (χ3n) is 3.08. The lowest BCUT2D eigenvalue weighted by atomic mass is 10.2. The molecule has 2 atom stereocenters. The molecule has 2 unspecified atom stereocenters. The molecule has 0 N–H and O–H groups in total. The van der Waals surface area contributed by atoms with Crippen LogP contribution in [0.1, 0.15) is 18.5 Å². The van der Waals surface area contributed by atoms with E-state index in [1.807, 2.05) is 6.07 Å². The summed E-state index contributed by atoms with van der Waals surface area (Å²) in [4.78, 5) is 10.5. The lowest BCUT2D eigenvalue weighted by Crippen LogP contribution is -2.43. The van der Waals surface area contributed by atoms with Crippen LogP contribution in [0, 0.1) is 11.3 Å². The molecule has 5 nitrogen and oxygen atoms in total. The largest absolute Gasteiger partial charge is 0.371 e. The number of hydrogen-bond acceptors (Lipinski definition) is 5. The summed E-state index contributed by atoms with van der Waals surface area (Å²) in [7, 11) is 0. The molecular formula is C11H12N4O. The van der Waals surface area contributed by atoms with E-state index in [1.54, 1.807) is 12.3 Å². The third kappa shape index (κ3) is 1.61. The van der Waals surface area contributed by atoms with E-state index >= 15 is 0 Å². The predicted octanol–water partition coefficient (Wildman–Crippen LogP) is 0.716. The summed E-state index contributed by atoms with van der Waals surface area (Å²) in [6.07, 6.45) is 4.51. The molecule has 2 aliphatic rings. The molecule has 0 aliphatic carbocycles. The van der Waals surface area contributed by atoms with Gasteiger partial charge >= 0.3 is 0 Å². The van der Waals surface area contributed by atoms with Crippen LogP contribution >= 0.6 is 0 Å². The Morgan fingerprint density at radius 2 is 2.12 bits per heavy atom. The molecule has 0 radical (unpaired) electrons. The fourth-order valence-electron chi connectivity index (χ4n) is 2.34. The minimum Gasteiger partial charge on any atom is -0.371 e. The van der Waals surface area contributed by atoms with E-state index in [1.165, 1.54) is 0 Å². The molecule has 0 aromatic carbocycles. The minimum atomic E-state index is 0.313. The van der Waals surface area contributed by atoms with E-state index in [0.717, 1.165) is 25.9 Å². The second-order valence-electron chi connectivity index (χ2n) is 4.22. The predicted molar refractivity (Wildman–Crippen MR) is 56.9 cm³/mol. The fraction of sp³-hybridized carbons (Fsp3) is 0.545. The molecule has 2 aliphatic heterocycles. The van der Waals surface area contributed by atoms with Gasteiger partial charge in [0.15, 0.2) is 0 Å². The van der Waals surface area contributed by atoms with Crippen molar-refractivity contribution in [1.29, 1.82) is 5.26 Å². The number of aromatic nitrogens is 2. The molecule has 0 saturated carbocycles. The van der Waals surface area contributed by atoms with E-state index in [2.05, 4.69) is 14.9 Å². The van der Waals surface area contributed by atoms with Crippen LogP contribution in [-0.4, -0.2) is 35.3 Å². The summed E-state index contributed by atoms with van der Waals surface area (Å²) in [5.41, 5.74) is 0.420. The van der Waals surface area contributed by atoms with Crippen molar-refractivity contribution in [3.8, 4) is 6.07 Å². The standard InChI is InChI=1S/C11H12N4O/c12-5-8-3-4-13-11(14-8)15-6-9-1-2-10(7-15)16-9/h3-4,9-10H,1-2,6-7H2. The van der Waals surface area contributed by atoms with Gasteiger partial charge in [-0.05, 0) is 18.9 Å². The first-order chi connectivity index (χ1) is 7.85. The van der Waals surface area contributed by atoms with Gasteiger partial charge in [0.1, 0.15) is 11.8 Å². The number of nitrogens with zero attached hydrogens (tertiary/aromatic N) is 4. The van der Waals surface area contributed by atoms with Gasteiger partial charge in [-0.1, -0.05) is 0 Å². The second kappa shape index (κ2) is 3.72. The Bertz CT molecular complexity index is 430. The topological polar surface area (TPSA) is 62.0 Å². The van der Waals surface area contributed by atoms with E-state index < -0.39 is 0 Å². The number of ether oxygens (including phenoxy) is 1. The number of hydrogen-bond donors (Lipinski definition) is 0. The highest BCUT2D eigenvalue weighted by atomic mass is 16.5. The lowest BCUT2D eigenvalue weighted by molar-refractivity contribution is 0.0299. The maximum atomic E-state index is 8.79. The Morgan fingerprint density at radius 3 is 2.81 bits per heavy atom. The van der Waals surface area contributed by atoms with Crippen molar-refractivity contribution in [2.75, 3.05) is 18.0 Å². The molecule has 16 heavy (non-hydrogen) atoms. The van der Waals surface area contributed by atoms with E-state index in [4.69, 9.17) is 10.00 Å². The lowest BCUT2D eigenvalue weighted by Gasteiger charge is -2.31. The fourth-order valence-corrected chi connectivity index (χ4v) is 2.34. The van der Waals surface area contributed by atoms with E-state index in [9.17, 15) is 0 Å². The zero-order valence-corrected chi connectivity index (χ0v) is 8.83. The normalized spacial score (nSPS) is 27.8. The van der Waals surface area contributed by atoms with Crippen LogP contribution in [0.2, 0.25) is 0 Å². The number of fused-ring (bicyclic) bond motifs is 2. The Kier molecular flexibility index (Phi) is 2.22. The summed E-state index contributed by atoms with van der Waals surface area (Å²) in [5.74, 6) is 0.652. The Balaban J connectivity index is 1.84. The van der Waals surface area contributed by atoms with Crippen LogP contribution < -0.4 is 4.90 Å². The highest BCUT2D eigenvalue weighted by Crippen LogP contribution is 2.27. The first kappa shape index (κ1) is 9.55. The molecule has 82 valence electrons. The van der Waals surface area contributed by atoms with Crippen molar-refractivity contribution in [1.82, 2.24) is 9.97 Å². The quantitative estimate of drug-likeness (QED) is 0.692. The molecule has 1 aromatic heterocycles. The summed E-state index contributed by atoms with van der Waals surface area (Å²) in [6.45, 7) is 1.68. The Labute approximate surface area is 93.7 Å². The molecule has 0 amide bonds. The van der Waals surface area contributed by atoms with Gasteiger partial charge in [-0.15, -0.1) is 0 Å². The number of rotatable bonds is 1. The maximum Gasteiger partial charge on any atom is 0.226 e. The highest BCUT2D eigenvalue weighted by molar-refractivity contribution is 5.35. The van der Waals surface area contributed by atoms with Gasteiger partial charge in [0.2, 0.25) is 5.95 Å². The zero-order valence-electron chi connectivity index (χ0n) is 8.83. The zero-order chi connectivity index (χ0) is 11.0. The third-order valence-corrected chi connectivity index (χ3v) is 3.08. The second-order valence-corrected chi connectivity index (χ2v) is 4.22. The van der Waals surface area contributed by atoms with Gasteiger partial charge in [0.05, 0.1) is 12.2 Å². The summed E-state index contributed by atoms with van der Waals surface area (Å²) in [6, 6.07) is 3.66. The SMILES string of the molecule is N#Cc1ccnc(N2CC3CCC(C2)O3)n1. The molecule has 0 spiro atoms. The van der Waals surface area contributed by atoms with Crippen LogP contribution in [0.25, 0.3) is 0 Å². The molecule has 5 heteroatoms. The Hall–Kier alpha value is -1.67. The smallest absolute Gasteiger partial charge is 0.226 e. The van der Waals surface area contributed by atoms with Crippen molar-refractivity contribution in [3.05, 3.63) is 18.0 Å². The van der Waals surface area contributed by atoms with Crippen molar-refractivity contribution < 1.29 is 4.74 Å². The maximum absolute atomic E-state index is 8.79. The van der Waals surface area contributed by atoms with Crippen LogP contribution in [0.4, 0.5) is 5.95 Å². The van der Waals surface area contributed by atoms with Gasteiger partial charge in [-0.25, -0.2) is 9.97 Å². The van der Waals surface area contributed by atoms with Crippen molar-refractivity contribution in [2.45, 2.75) is 25.0 Å². The first-order valence-corrected chi connectivity index (χ1v) is 5.49. The Morgan fingerprint density at radius 1 is 1.38 bits per heavy atom. The van der Waals surface area contributed by atoms with Crippen LogP contribution in [-0.2, 0) is 4.74 Å². The van der Waals surface area contributed by atoms with Gasteiger partial charge in [0, 0.05) is 19.3 Å². The average molecular weight is 216 g/mol. The average Bonchev–Trinajstić information content (AvgIpc) is 2.68. The number of anilines is 1. The molecule has 3 rings (SSSR count). The number of morpholine rings is 1. The van der Waals surface area contributed by atoms with Gasteiger partial charge in [-0.3, -0.25) is 0 Å². The molecule has 2 saturated heterocycles. The van der Waals surface area contributed by atoms with Crippen LogP contribution in [0.5, 0.6) is 0 Å². The summed E-state index contributed by atoms with van der Waals surface area (Å²) >= 11 is 0. The van der Waals surface area contributed by atoms with Gasteiger partial charge in [0.25, 0.3) is 0 Å². The van der Waals surface area contributed by atoms with Crippen LogP contribution in [0.3, 0.4) is 0 Å². The molecule has 3 heterocycles. The van der Waals surface area contributed by atoms with Crippen molar-refractivity contribution in [3.63, 3.8) is 0 Å². The number of nitriles is 1. The highest BCUT2D eigenvalue weighted by Gasteiger charge is 2.34. The molecule has 1 aromatic rings. The van der Waals surface area contributed by atoms with Crippen molar-refractivity contribution in [2.24, 2.45) is 0 Å². The van der Waals surface area contributed by atoms with Crippen LogP contribution in [0.15, 0.2) is 12.3 Å². The van der Waals surface area contributed by atoms with E-state index in [-0.39, 0.29) is 0 Å². The van der Waals surface area contributed by atoms with Crippen molar-refractivity contribution >= 4 is 5.95 Å². The van der Waals surface area contributed by atoms with Gasteiger partial charge < -0.3 is 9.64 Å². The minimum absolute atomic E-state index is 0.313. The summed E-state index contributed by atoms with van der Waals surface area (Å²) < 4.78 is 5.74. The first-order valence-electron chi connectivity index (χ1n) is 5.49. The summed E-state index contributed by atoms with van der Waals surface area (Å²) in [5, 5.41) is 8.79. The molecule has 2 fully saturated rings. The molecular weight excluding hydrogens is 204 g/mol. The monoisotopic (exact) mass is 216 g/mol. The van der Waals surface area contributed by atoms with Gasteiger partial charge in [-0.2, -0.15) is 5.26 Å².